The van der Waals surface area contributed by atoms with Gasteiger partial charge in [-0.2, -0.15) is 10.1 Å². The van der Waals surface area contributed by atoms with Crippen LogP contribution in [0.15, 0.2) is 12.3 Å². The summed E-state index contributed by atoms with van der Waals surface area (Å²) < 4.78 is 7.57. The van der Waals surface area contributed by atoms with Gasteiger partial charge in [0.05, 0.1) is 24.6 Å². The van der Waals surface area contributed by atoms with Crippen LogP contribution in [0.5, 0.6) is 0 Å². The molecule has 2 aromatic rings. The lowest BCUT2D eigenvalue weighted by atomic mass is 9.95. The summed E-state index contributed by atoms with van der Waals surface area (Å²) in [5, 5.41) is 4.78. The number of ether oxygens (including phenoxy) is 1. The van der Waals surface area contributed by atoms with E-state index in [2.05, 4.69) is 31.4 Å². The largest absolute Gasteiger partial charge is 0.378 e. The lowest BCUT2D eigenvalue weighted by molar-refractivity contribution is 0.122. The van der Waals surface area contributed by atoms with E-state index < -0.39 is 0 Å². The van der Waals surface area contributed by atoms with Gasteiger partial charge in [0, 0.05) is 59.1 Å². The molecule has 2 aliphatic heterocycles. The van der Waals surface area contributed by atoms with Crippen molar-refractivity contribution in [3.8, 4) is 0 Å². The Morgan fingerprint density at radius 2 is 1.76 bits per heavy atom. The van der Waals surface area contributed by atoms with Crippen molar-refractivity contribution < 1.29 is 4.74 Å². The van der Waals surface area contributed by atoms with Gasteiger partial charge in [0.15, 0.2) is 0 Å². The molecule has 8 heteroatoms. The molecule has 0 saturated carbocycles. The van der Waals surface area contributed by atoms with Crippen LogP contribution in [0.1, 0.15) is 29.8 Å². The van der Waals surface area contributed by atoms with Crippen LogP contribution >= 0.6 is 0 Å². The molecular weight excluding hydrogens is 366 g/mol. The molecule has 2 aromatic heterocycles. The number of aromatic nitrogens is 4. The molecule has 0 radical (unpaired) electrons. The minimum Gasteiger partial charge on any atom is -0.378 e. The lowest BCUT2D eigenvalue weighted by Crippen LogP contribution is -2.46. The topological polar surface area (TPSA) is 62.6 Å². The average Bonchev–Trinajstić information content (AvgIpc) is 3.10. The van der Waals surface area contributed by atoms with Crippen molar-refractivity contribution in [1.82, 2.24) is 24.6 Å². The minimum absolute atomic E-state index is 0.754. The van der Waals surface area contributed by atoms with E-state index in [9.17, 15) is 0 Å². The van der Waals surface area contributed by atoms with Crippen LogP contribution in [0.25, 0.3) is 0 Å². The third kappa shape index (κ3) is 3.96. The summed E-state index contributed by atoms with van der Waals surface area (Å²) in [5.41, 5.74) is 4.28. The van der Waals surface area contributed by atoms with Gasteiger partial charge in [-0.1, -0.05) is 0 Å². The van der Waals surface area contributed by atoms with Gasteiger partial charge in [0.2, 0.25) is 5.95 Å². The second-order valence-electron chi connectivity index (χ2n) is 8.28. The van der Waals surface area contributed by atoms with Crippen molar-refractivity contribution in [2.45, 2.75) is 32.2 Å². The first-order valence-electron chi connectivity index (χ1n) is 10.9. The van der Waals surface area contributed by atoms with Gasteiger partial charge in [0.1, 0.15) is 5.82 Å². The van der Waals surface area contributed by atoms with Crippen LogP contribution < -0.4 is 9.80 Å². The quantitative estimate of drug-likeness (QED) is 0.769. The summed E-state index contributed by atoms with van der Waals surface area (Å²) in [5.74, 6) is 1.87. The summed E-state index contributed by atoms with van der Waals surface area (Å²) in [6.07, 6.45) is 6.83. The maximum absolute atomic E-state index is 5.45. The number of piperazine rings is 1. The Hall–Kier alpha value is -2.19. The van der Waals surface area contributed by atoms with Gasteiger partial charge in [-0.3, -0.25) is 9.58 Å². The molecule has 3 aliphatic rings. The maximum Gasteiger partial charge on any atom is 0.227 e. The summed E-state index contributed by atoms with van der Waals surface area (Å²) in [7, 11) is 2.11. The lowest BCUT2D eigenvalue weighted by Gasteiger charge is -2.36. The molecular formula is C21H31N7O. The van der Waals surface area contributed by atoms with Crippen LogP contribution in [0.3, 0.4) is 0 Å². The molecule has 4 heterocycles. The zero-order chi connectivity index (χ0) is 19.6. The van der Waals surface area contributed by atoms with E-state index in [1.165, 1.54) is 36.2 Å². The molecule has 156 valence electrons. The van der Waals surface area contributed by atoms with E-state index in [4.69, 9.17) is 14.8 Å². The molecule has 2 saturated heterocycles. The van der Waals surface area contributed by atoms with Gasteiger partial charge in [-0.05, 0) is 37.3 Å². The number of morpholine rings is 1. The fourth-order valence-electron chi connectivity index (χ4n) is 4.72. The van der Waals surface area contributed by atoms with Gasteiger partial charge in [-0.25, -0.2) is 4.98 Å². The fraction of sp³-hybridized carbons (Fsp3) is 0.667. The van der Waals surface area contributed by atoms with E-state index in [1.54, 1.807) is 0 Å². The predicted molar refractivity (Wildman–Crippen MR) is 112 cm³/mol. The third-order valence-electron chi connectivity index (χ3n) is 6.44. The summed E-state index contributed by atoms with van der Waals surface area (Å²) >= 11 is 0. The van der Waals surface area contributed by atoms with Crippen molar-refractivity contribution in [2.24, 2.45) is 7.05 Å². The zero-order valence-corrected chi connectivity index (χ0v) is 17.4. The SMILES string of the molecule is Cn1nc2c(c1CN1CCN(c3ccnc(N4CCOCC4)n3)CC1)CCCC2. The average molecular weight is 398 g/mol. The second-order valence-corrected chi connectivity index (χ2v) is 8.28. The highest BCUT2D eigenvalue weighted by atomic mass is 16.5. The molecule has 0 bridgehead atoms. The van der Waals surface area contributed by atoms with Gasteiger partial charge in [-0.15, -0.1) is 0 Å². The summed E-state index contributed by atoms with van der Waals surface area (Å²) in [4.78, 5) is 16.5. The summed E-state index contributed by atoms with van der Waals surface area (Å²) in [6.45, 7) is 8.36. The van der Waals surface area contributed by atoms with Crippen molar-refractivity contribution in [2.75, 3.05) is 62.3 Å². The molecule has 0 N–H and O–H groups in total. The number of fused-ring (bicyclic) bond motifs is 1. The Kier molecular flexibility index (Phi) is 5.37. The maximum atomic E-state index is 5.45. The van der Waals surface area contributed by atoms with E-state index in [0.29, 0.717) is 0 Å². The molecule has 2 fully saturated rings. The van der Waals surface area contributed by atoms with Crippen LogP contribution in [-0.2, 0) is 31.2 Å². The molecule has 0 unspecified atom stereocenters. The molecule has 0 spiro atoms. The molecule has 0 atom stereocenters. The molecule has 29 heavy (non-hydrogen) atoms. The van der Waals surface area contributed by atoms with E-state index in [1.807, 2.05) is 12.3 Å². The second kappa shape index (κ2) is 8.28. The highest BCUT2D eigenvalue weighted by Crippen LogP contribution is 2.25. The number of aryl methyl sites for hydroxylation is 2. The molecule has 5 rings (SSSR count). The smallest absolute Gasteiger partial charge is 0.227 e. The Balaban J connectivity index is 1.22. The monoisotopic (exact) mass is 397 g/mol. The standard InChI is InChI=1S/C21H31N7O/c1-25-19(17-4-2-3-5-18(17)24-25)16-26-8-10-27(11-9-26)20-6-7-22-21(23-20)28-12-14-29-15-13-28/h6-7H,2-5,8-16H2,1H3. The minimum atomic E-state index is 0.754. The first kappa shape index (κ1) is 18.8. The van der Waals surface area contributed by atoms with Gasteiger partial charge < -0.3 is 14.5 Å². The Morgan fingerprint density at radius 1 is 0.966 bits per heavy atom. The fourth-order valence-corrected chi connectivity index (χ4v) is 4.72. The van der Waals surface area contributed by atoms with Gasteiger partial charge in [0.25, 0.3) is 0 Å². The number of rotatable bonds is 4. The summed E-state index contributed by atoms with van der Waals surface area (Å²) in [6, 6.07) is 2.04. The van der Waals surface area contributed by atoms with Crippen molar-refractivity contribution in [1.29, 1.82) is 0 Å². The Morgan fingerprint density at radius 3 is 2.59 bits per heavy atom. The van der Waals surface area contributed by atoms with Gasteiger partial charge >= 0.3 is 0 Å². The number of nitrogens with zero attached hydrogens (tertiary/aromatic N) is 7. The van der Waals surface area contributed by atoms with Crippen LogP contribution in [0.2, 0.25) is 0 Å². The van der Waals surface area contributed by atoms with Crippen molar-refractivity contribution in [3.05, 3.63) is 29.2 Å². The zero-order valence-electron chi connectivity index (χ0n) is 17.4. The van der Waals surface area contributed by atoms with E-state index in [0.717, 1.165) is 77.2 Å². The third-order valence-corrected chi connectivity index (χ3v) is 6.44. The normalized spacial score (nSPS) is 20.7. The Labute approximate surface area is 172 Å². The van der Waals surface area contributed by atoms with E-state index in [-0.39, 0.29) is 0 Å². The first-order valence-corrected chi connectivity index (χ1v) is 10.9. The number of hydrogen-bond donors (Lipinski definition) is 0. The highest BCUT2D eigenvalue weighted by Gasteiger charge is 2.24. The van der Waals surface area contributed by atoms with Crippen molar-refractivity contribution >= 4 is 11.8 Å². The number of hydrogen-bond acceptors (Lipinski definition) is 7. The molecule has 8 nitrogen and oxygen atoms in total. The number of anilines is 2. The van der Waals surface area contributed by atoms with Crippen LogP contribution in [0.4, 0.5) is 11.8 Å². The molecule has 0 amide bonds. The first-order chi connectivity index (χ1) is 14.3. The predicted octanol–water partition coefficient (Wildman–Crippen LogP) is 1.25. The highest BCUT2D eigenvalue weighted by molar-refractivity contribution is 5.44. The molecule has 1 aliphatic carbocycles. The van der Waals surface area contributed by atoms with Crippen molar-refractivity contribution in [3.63, 3.8) is 0 Å². The Bertz CT molecular complexity index is 838. The van der Waals surface area contributed by atoms with Crippen LogP contribution in [0, 0.1) is 0 Å². The van der Waals surface area contributed by atoms with E-state index >= 15 is 0 Å². The molecule has 0 aromatic carbocycles. The van der Waals surface area contributed by atoms with Crippen LogP contribution in [-0.4, -0.2) is 77.1 Å².